The summed E-state index contributed by atoms with van der Waals surface area (Å²) in [5, 5.41) is 0. The van der Waals surface area contributed by atoms with Crippen LogP contribution >= 0.6 is 0 Å². The van der Waals surface area contributed by atoms with Crippen molar-refractivity contribution in [1.82, 2.24) is 0 Å². The summed E-state index contributed by atoms with van der Waals surface area (Å²) in [7, 11) is 0. The Labute approximate surface area is 324 Å². The normalized spacial score (nSPS) is 23.4. The molecule has 3 atom stereocenters. The minimum absolute atomic E-state index is 0.0308. The average Bonchev–Trinajstić information content (AvgIpc) is 3.13. The molecule has 0 N–H and O–H groups in total. The standard InChI is InChI=1S/C36H64O19/c1-15-29(37)50-28(14)51-35(48-25-11)33(44-21-7,45-22-8)53-34(46-23-9,47-24-10)36(49-26-12,52-30(38)27(13)39-16-2)55-32(42-19-5,43-20-6)31(54-35,40-17-3)41-18-4/h15,28H,1,13,16-26H2,2-12,14H3. The molecular formula is C36H64O19. The van der Waals surface area contributed by atoms with Crippen LogP contribution in [0, 0.1) is 0 Å². The molecule has 3 unspecified atom stereocenters. The molecule has 0 saturated carbocycles. The Morgan fingerprint density at radius 3 is 1.15 bits per heavy atom. The minimum Gasteiger partial charge on any atom is -0.487 e. The number of carbonyl (C=O) groups is 2. The molecule has 1 aliphatic rings. The molecule has 0 aromatic heterocycles. The fourth-order valence-corrected chi connectivity index (χ4v) is 5.26. The minimum atomic E-state index is -3.12. The van der Waals surface area contributed by atoms with Gasteiger partial charge in [0.15, 0.2) is 5.76 Å². The zero-order chi connectivity index (χ0) is 41.8. The van der Waals surface area contributed by atoms with Gasteiger partial charge in [-0.25, -0.2) is 14.3 Å². The third-order valence-electron chi connectivity index (χ3n) is 6.82. The van der Waals surface area contributed by atoms with E-state index in [0.717, 1.165) is 6.08 Å². The van der Waals surface area contributed by atoms with Gasteiger partial charge in [0.25, 0.3) is 0 Å². The molecule has 1 saturated heterocycles. The maximum Gasteiger partial charge on any atom is 0.421 e. The highest BCUT2D eigenvalue weighted by atomic mass is 17.1. The number of hydrogen-bond acceptors (Lipinski definition) is 19. The molecule has 0 radical (unpaired) electrons. The van der Waals surface area contributed by atoms with Crippen molar-refractivity contribution in [3.05, 3.63) is 25.0 Å². The lowest BCUT2D eigenvalue weighted by Crippen LogP contribution is -2.73. The smallest absolute Gasteiger partial charge is 0.421 e. The lowest BCUT2D eigenvalue weighted by molar-refractivity contribution is -0.653. The Bertz CT molecular complexity index is 1140. The summed E-state index contributed by atoms with van der Waals surface area (Å²) in [6.45, 7) is 23.5. The molecule has 0 aromatic carbocycles. The first-order valence-corrected chi connectivity index (χ1v) is 18.7. The van der Waals surface area contributed by atoms with Crippen molar-refractivity contribution in [1.29, 1.82) is 0 Å². The topological polar surface area (TPSA) is 191 Å². The summed E-state index contributed by atoms with van der Waals surface area (Å²) in [5.41, 5.74) is 0. The molecule has 1 rings (SSSR count). The lowest BCUT2D eigenvalue weighted by atomic mass is 10.3. The number of hydrogen-bond donors (Lipinski definition) is 0. The SMILES string of the molecule is C=CC(=O)OC(C)OC1(OCC)OC(OCC)(OCC)C(OCC)(OCC)OC(OCC)(OC(=O)C(=C)OCC)C(OCC)(OCC)OC1(OCC)OCC. The van der Waals surface area contributed by atoms with Crippen LogP contribution in [0.5, 0.6) is 0 Å². The highest BCUT2D eigenvalue weighted by Gasteiger charge is 2.81. The largest absolute Gasteiger partial charge is 0.487 e. The first-order chi connectivity index (χ1) is 26.2. The molecule has 0 bridgehead atoms. The molecule has 1 heterocycles. The van der Waals surface area contributed by atoms with Crippen LogP contribution in [-0.4, -0.2) is 127 Å². The van der Waals surface area contributed by atoms with E-state index >= 15 is 0 Å². The third kappa shape index (κ3) is 11.4. The Morgan fingerprint density at radius 1 is 0.509 bits per heavy atom. The number of ether oxygens (including phenoxy) is 17. The van der Waals surface area contributed by atoms with Crippen LogP contribution < -0.4 is 0 Å². The van der Waals surface area contributed by atoms with Crippen molar-refractivity contribution < 1.29 is 90.1 Å². The molecule has 0 aliphatic carbocycles. The first kappa shape index (κ1) is 50.7. The van der Waals surface area contributed by atoms with Crippen molar-refractivity contribution in [2.24, 2.45) is 0 Å². The second-order valence-electron chi connectivity index (χ2n) is 10.5. The van der Waals surface area contributed by atoms with Gasteiger partial charge in [-0.2, -0.15) is 0 Å². The van der Waals surface area contributed by atoms with Crippen molar-refractivity contribution >= 4 is 11.9 Å². The van der Waals surface area contributed by atoms with Gasteiger partial charge in [0.05, 0.1) is 13.2 Å². The van der Waals surface area contributed by atoms with Crippen LogP contribution in [0.2, 0.25) is 0 Å². The monoisotopic (exact) mass is 800 g/mol. The van der Waals surface area contributed by atoms with E-state index in [4.69, 9.17) is 80.5 Å². The van der Waals surface area contributed by atoms with E-state index in [1.54, 1.807) is 76.2 Å². The van der Waals surface area contributed by atoms with Gasteiger partial charge in [-0.3, -0.25) is 14.2 Å². The molecule has 55 heavy (non-hydrogen) atoms. The van der Waals surface area contributed by atoms with Crippen LogP contribution in [0.15, 0.2) is 25.0 Å². The summed E-state index contributed by atoms with van der Waals surface area (Å²) in [4.78, 5) is 26.5. The van der Waals surface area contributed by atoms with Crippen molar-refractivity contribution in [3.63, 3.8) is 0 Å². The van der Waals surface area contributed by atoms with Crippen LogP contribution in [0.3, 0.4) is 0 Å². The van der Waals surface area contributed by atoms with E-state index < -0.39 is 59.8 Å². The highest BCUT2D eigenvalue weighted by molar-refractivity contribution is 5.85. The van der Waals surface area contributed by atoms with E-state index in [0.29, 0.717) is 0 Å². The Morgan fingerprint density at radius 2 is 0.800 bits per heavy atom. The van der Waals surface area contributed by atoms with Gasteiger partial charge in [0, 0.05) is 65.5 Å². The summed E-state index contributed by atoms with van der Waals surface area (Å²) >= 11 is 0. The molecular weight excluding hydrogens is 736 g/mol. The van der Waals surface area contributed by atoms with Gasteiger partial charge >= 0.3 is 47.8 Å². The van der Waals surface area contributed by atoms with Crippen molar-refractivity contribution in [2.75, 3.05) is 72.7 Å². The summed E-state index contributed by atoms with van der Waals surface area (Å²) in [5.74, 6) is -20.3. The maximum absolute atomic E-state index is 14.0. The Hall–Kier alpha value is -2.34. The van der Waals surface area contributed by atoms with Crippen LogP contribution in [-0.2, 0) is 90.1 Å². The van der Waals surface area contributed by atoms with Crippen LogP contribution in [0.25, 0.3) is 0 Å². The molecule has 0 spiro atoms. The number of esters is 2. The first-order valence-electron chi connectivity index (χ1n) is 18.7. The molecule has 0 aromatic rings. The summed E-state index contributed by atoms with van der Waals surface area (Å²) in [6.07, 6.45) is -0.662. The maximum atomic E-state index is 14.0. The van der Waals surface area contributed by atoms with Crippen LogP contribution in [0.1, 0.15) is 83.1 Å². The number of carbonyl (C=O) groups excluding carboxylic acids is 2. The van der Waals surface area contributed by atoms with Gasteiger partial charge in [0.2, 0.25) is 6.29 Å². The van der Waals surface area contributed by atoms with Gasteiger partial charge in [-0.15, -0.1) is 0 Å². The lowest BCUT2D eigenvalue weighted by Gasteiger charge is -2.51. The van der Waals surface area contributed by atoms with E-state index in [2.05, 4.69) is 13.2 Å². The summed E-state index contributed by atoms with van der Waals surface area (Å²) in [6, 6.07) is 0. The molecule has 0 amide bonds. The second kappa shape index (κ2) is 23.8. The van der Waals surface area contributed by atoms with E-state index in [1.165, 1.54) is 6.92 Å². The molecule has 1 fully saturated rings. The quantitative estimate of drug-likeness (QED) is 0.0464. The fourth-order valence-electron chi connectivity index (χ4n) is 5.26. The van der Waals surface area contributed by atoms with Crippen molar-refractivity contribution in [2.45, 2.75) is 125 Å². The zero-order valence-electron chi connectivity index (χ0n) is 34.6. The summed E-state index contributed by atoms with van der Waals surface area (Å²) < 4.78 is 107. The molecule has 19 heteroatoms. The third-order valence-corrected chi connectivity index (χ3v) is 6.82. The Kier molecular flexibility index (Phi) is 21.9. The van der Waals surface area contributed by atoms with E-state index in [-0.39, 0.29) is 72.7 Å². The predicted molar refractivity (Wildman–Crippen MR) is 190 cm³/mol. The molecule has 19 nitrogen and oxygen atoms in total. The fraction of sp³-hybridized carbons (Fsp3) is 0.833. The van der Waals surface area contributed by atoms with Gasteiger partial charge < -0.3 is 61.6 Å². The predicted octanol–water partition coefficient (Wildman–Crippen LogP) is 4.52. The Balaban J connectivity index is 5.03. The molecule has 1 aliphatic heterocycles. The van der Waals surface area contributed by atoms with Crippen LogP contribution in [0.4, 0.5) is 0 Å². The average molecular weight is 801 g/mol. The van der Waals surface area contributed by atoms with E-state index in [9.17, 15) is 9.59 Å². The second-order valence-corrected chi connectivity index (χ2v) is 10.5. The highest BCUT2D eigenvalue weighted by Crippen LogP contribution is 2.54. The molecule has 322 valence electrons. The van der Waals surface area contributed by atoms with Crippen molar-refractivity contribution in [3.8, 4) is 0 Å². The van der Waals surface area contributed by atoms with E-state index in [1.807, 2.05) is 0 Å². The van der Waals surface area contributed by atoms with Gasteiger partial charge in [-0.05, 0) is 89.7 Å². The number of rotatable bonds is 28. The van der Waals surface area contributed by atoms with Gasteiger partial charge in [-0.1, -0.05) is 6.58 Å². The van der Waals surface area contributed by atoms with Gasteiger partial charge in [0.1, 0.15) is 0 Å². The zero-order valence-corrected chi connectivity index (χ0v) is 34.6.